The lowest BCUT2D eigenvalue weighted by molar-refractivity contribution is 0.627. The van der Waals surface area contributed by atoms with Gasteiger partial charge in [-0.05, 0) is 12.1 Å². The molecule has 1 aromatic carbocycles. The number of halogens is 2. The van der Waals surface area contributed by atoms with Crippen molar-refractivity contribution in [3.63, 3.8) is 0 Å². The molecule has 1 aromatic rings. The van der Waals surface area contributed by atoms with Crippen molar-refractivity contribution in [1.82, 2.24) is 0 Å². The summed E-state index contributed by atoms with van der Waals surface area (Å²) in [4.78, 5) is 1.59. The van der Waals surface area contributed by atoms with E-state index in [1.54, 1.807) is 25.1 Å². The number of anilines is 2. The van der Waals surface area contributed by atoms with Gasteiger partial charge in [0.05, 0.1) is 16.4 Å². The second-order valence-corrected chi connectivity index (χ2v) is 3.10. The van der Waals surface area contributed by atoms with Gasteiger partial charge in [0.25, 0.3) is 0 Å². The average Bonchev–Trinajstić information content (AvgIpc) is 1.97. The summed E-state index contributed by atoms with van der Waals surface area (Å²) < 4.78 is 13.3. The molecule has 2 N–H and O–H groups in total. The van der Waals surface area contributed by atoms with E-state index in [1.165, 1.54) is 6.07 Å². The molecule has 0 fully saturated rings. The lowest BCUT2D eigenvalue weighted by Gasteiger charge is -2.16. The molecule has 0 bridgehead atoms. The Morgan fingerprint density at radius 1 is 1.42 bits per heavy atom. The van der Waals surface area contributed by atoms with E-state index in [0.717, 1.165) is 0 Å². The molecule has 0 aliphatic heterocycles. The molecule has 4 heteroatoms. The number of rotatable bonds is 1. The fraction of sp³-hybridized carbons (Fsp3) is 0.250. The summed E-state index contributed by atoms with van der Waals surface area (Å²) in [6.07, 6.45) is 0. The quantitative estimate of drug-likeness (QED) is 0.685. The first-order chi connectivity index (χ1) is 5.54. The maximum atomic E-state index is 13.3. The van der Waals surface area contributed by atoms with E-state index < -0.39 is 5.82 Å². The van der Waals surface area contributed by atoms with Crippen LogP contribution in [0.5, 0.6) is 0 Å². The molecule has 0 aliphatic rings. The first-order valence-corrected chi connectivity index (χ1v) is 3.82. The minimum Gasteiger partial charge on any atom is -0.397 e. The van der Waals surface area contributed by atoms with Crippen LogP contribution in [0.15, 0.2) is 12.1 Å². The summed E-state index contributed by atoms with van der Waals surface area (Å²) in [5.41, 5.74) is 6.28. The lowest BCUT2D eigenvalue weighted by atomic mass is 10.2. The topological polar surface area (TPSA) is 29.3 Å². The molecule has 12 heavy (non-hydrogen) atoms. The normalized spacial score (nSPS) is 10.0. The van der Waals surface area contributed by atoms with Gasteiger partial charge in [-0.2, -0.15) is 0 Å². The highest BCUT2D eigenvalue weighted by molar-refractivity contribution is 6.31. The second-order valence-electron chi connectivity index (χ2n) is 2.69. The summed E-state index contributed by atoms with van der Waals surface area (Å²) in [7, 11) is 3.43. The van der Waals surface area contributed by atoms with Crippen LogP contribution in [-0.2, 0) is 0 Å². The van der Waals surface area contributed by atoms with E-state index in [4.69, 9.17) is 17.3 Å². The summed E-state index contributed by atoms with van der Waals surface area (Å²) in [6.45, 7) is 0. The van der Waals surface area contributed by atoms with E-state index >= 15 is 0 Å². The third-order valence-electron chi connectivity index (χ3n) is 1.55. The Labute approximate surface area is 75.7 Å². The van der Waals surface area contributed by atoms with Gasteiger partial charge >= 0.3 is 0 Å². The highest BCUT2D eigenvalue weighted by Crippen LogP contribution is 2.29. The third kappa shape index (κ3) is 1.46. The summed E-state index contributed by atoms with van der Waals surface area (Å²) in [6, 6.07) is 3.03. The third-order valence-corrected chi connectivity index (χ3v) is 1.84. The van der Waals surface area contributed by atoms with Crippen LogP contribution in [0.1, 0.15) is 0 Å². The number of hydrogen-bond donors (Lipinski definition) is 1. The Morgan fingerprint density at radius 2 is 2.00 bits per heavy atom. The fourth-order valence-electron chi connectivity index (χ4n) is 1.01. The van der Waals surface area contributed by atoms with E-state index in [9.17, 15) is 4.39 Å². The maximum Gasteiger partial charge on any atom is 0.167 e. The van der Waals surface area contributed by atoms with E-state index in [2.05, 4.69) is 0 Å². The molecule has 0 saturated carbocycles. The molecule has 1 rings (SSSR count). The van der Waals surface area contributed by atoms with Crippen LogP contribution in [0.4, 0.5) is 15.8 Å². The Hall–Kier alpha value is -0.960. The average molecular weight is 189 g/mol. The van der Waals surface area contributed by atoms with Crippen LogP contribution in [0, 0.1) is 5.82 Å². The Morgan fingerprint density at radius 3 is 2.42 bits per heavy atom. The summed E-state index contributed by atoms with van der Waals surface area (Å²) in [5.74, 6) is -0.471. The van der Waals surface area contributed by atoms with Crippen molar-refractivity contribution in [2.75, 3.05) is 24.7 Å². The molecule has 0 aliphatic carbocycles. The largest absolute Gasteiger partial charge is 0.397 e. The number of nitrogen functional groups attached to an aromatic ring is 1. The molecule has 0 unspecified atom stereocenters. The van der Waals surface area contributed by atoms with Gasteiger partial charge in [0.2, 0.25) is 0 Å². The fourth-order valence-corrected chi connectivity index (χ4v) is 1.16. The van der Waals surface area contributed by atoms with Crippen molar-refractivity contribution in [2.24, 2.45) is 0 Å². The molecular weight excluding hydrogens is 179 g/mol. The van der Waals surface area contributed by atoms with Gasteiger partial charge in [-0.15, -0.1) is 0 Å². The molecule has 0 atom stereocenters. The number of nitrogens with two attached hydrogens (primary N) is 1. The molecular formula is C8H10ClFN2. The Bertz CT molecular complexity index is 299. The van der Waals surface area contributed by atoms with Gasteiger partial charge in [-0.25, -0.2) is 4.39 Å². The van der Waals surface area contributed by atoms with Crippen LogP contribution in [-0.4, -0.2) is 14.1 Å². The van der Waals surface area contributed by atoms with Gasteiger partial charge in [0.15, 0.2) is 5.82 Å². The lowest BCUT2D eigenvalue weighted by Crippen LogP contribution is -2.13. The number of hydrogen-bond acceptors (Lipinski definition) is 2. The zero-order valence-electron chi connectivity index (χ0n) is 6.94. The first-order valence-electron chi connectivity index (χ1n) is 3.45. The van der Waals surface area contributed by atoms with Crippen LogP contribution in [0.3, 0.4) is 0 Å². The predicted molar refractivity (Wildman–Crippen MR) is 50.1 cm³/mol. The minimum absolute atomic E-state index is 0.0906. The number of nitrogens with zero attached hydrogens (tertiary/aromatic N) is 1. The van der Waals surface area contributed by atoms with Crippen molar-refractivity contribution in [2.45, 2.75) is 0 Å². The molecule has 2 nitrogen and oxygen atoms in total. The molecule has 0 aromatic heterocycles. The zero-order chi connectivity index (χ0) is 9.30. The van der Waals surface area contributed by atoms with Gasteiger partial charge in [0, 0.05) is 14.1 Å². The second kappa shape index (κ2) is 3.19. The standard InChI is InChI=1S/C8H10ClFN2/c1-12(2)8-6(11)4-3-5(9)7(8)10/h3-4H,11H2,1-2H3. The van der Waals surface area contributed by atoms with Gasteiger partial charge < -0.3 is 10.6 Å². The molecule has 66 valence electrons. The molecule has 0 amide bonds. The van der Waals surface area contributed by atoms with Gasteiger partial charge in [-0.1, -0.05) is 11.6 Å². The summed E-state index contributed by atoms with van der Waals surface area (Å²) >= 11 is 5.57. The van der Waals surface area contributed by atoms with Crippen molar-refractivity contribution < 1.29 is 4.39 Å². The molecule has 0 radical (unpaired) electrons. The Kier molecular flexibility index (Phi) is 2.43. The number of benzene rings is 1. The van der Waals surface area contributed by atoms with Gasteiger partial charge in [0.1, 0.15) is 0 Å². The molecule has 0 spiro atoms. The monoisotopic (exact) mass is 188 g/mol. The van der Waals surface area contributed by atoms with Crippen molar-refractivity contribution in [1.29, 1.82) is 0 Å². The first kappa shape index (κ1) is 9.13. The SMILES string of the molecule is CN(C)c1c(N)ccc(Cl)c1F. The van der Waals surface area contributed by atoms with Crippen LogP contribution < -0.4 is 10.6 Å². The van der Waals surface area contributed by atoms with E-state index in [1.807, 2.05) is 0 Å². The van der Waals surface area contributed by atoms with Crippen LogP contribution in [0.2, 0.25) is 5.02 Å². The minimum atomic E-state index is -0.471. The maximum absolute atomic E-state index is 13.3. The van der Waals surface area contributed by atoms with Gasteiger partial charge in [-0.3, -0.25) is 0 Å². The van der Waals surface area contributed by atoms with Crippen LogP contribution >= 0.6 is 11.6 Å². The molecule has 0 heterocycles. The zero-order valence-corrected chi connectivity index (χ0v) is 7.69. The Balaban J connectivity index is 3.33. The predicted octanol–water partition coefficient (Wildman–Crippen LogP) is 2.13. The van der Waals surface area contributed by atoms with Crippen molar-refractivity contribution in [3.8, 4) is 0 Å². The summed E-state index contributed by atoms with van der Waals surface area (Å²) in [5, 5.41) is 0.0906. The van der Waals surface area contributed by atoms with Crippen LogP contribution in [0.25, 0.3) is 0 Å². The van der Waals surface area contributed by atoms with Crippen molar-refractivity contribution >= 4 is 23.0 Å². The highest BCUT2D eigenvalue weighted by atomic mass is 35.5. The van der Waals surface area contributed by atoms with E-state index in [-0.39, 0.29) is 5.02 Å². The highest BCUT2D eigenvalue weighted by Gasteiger charge is 2.11. The smallest absolute Gasteiger partial charge is 0.167 e. The van der Waals surface area contributed by atoms with Crippen molar-refractivity contribution in [3.05, 3.63) is 23.0 Å². The molecule has 0 saturated heterocycles. The van der Waals surface area contributed by atoms with E-state index in [0.29, 0.717) is 11.4 Å².